The van der Waals surface area contributed by atoms with Crippen LogP contribution in [0.3, 0.4) is 0 Å². The summed E-state index contributed by atoms with van der Waals surface area (Å²) in [5.41, 5.74) is 2.74. The van der Waals surface area contributed by atoms with Crippen LogP contribution in [0.5, 0.6) is 0 Å². The summed E-state index contributed by atoms with van der Waals surface area (Å²) >= 11 is 0. The summed E-state index contributed by atoms with van der Waals surface area (Å²) in [4.78, 5) is 44.8. The molecule has 4 aromatic rings. The lowest BCUT2D eigenvalue weighted by molar-refractivity contribution is 0.0591. The third-order valence-electron chi connectivity index (χ3n) is 5.74. The van der Waals surface area contributed by atoms with Gasteiger partial charge in [-0.05, 0) is 82.9 Å². The number of hydrogen-bond donors (Lipinski definition) is 2. The van der Waals surface area contributed by atoms with Gasteiger partial charge in [0.05, 0.1) is 36.5 Å². The van der Waals surface area contributed by atoms with E-state index in [9.17, 15) is 19.2 Å². The monoisotopic (exact) mass is 488 g/mol. The summed E-state index contributed by atoms with van der Waals surface area (Å²) in [6.45, 7) is 3.45. The SMILES string of the molecule is COC(=O)c1ccc2cc(C(=O)OC)ccc2c1.Cc1cc2cc(C(=O)O)ccc2c(C)c1C(=O)O. The van der Waals surface area contributed by atoms with E-state index in [0.29, 0.717) is 22.3 Å². The van der Waals surface area contributed by atoms with Crippen LogP contribution < -0.4 is 0 Å². The molecule has 8 heteroatoms. The van der Waals surface area contributed by atoms with Gasteiger partial charge in [-0.1, -0.05) is 24.3 Å². The molecular formula is C28H24O8. The van der Waals surface area contributed by atoms with Gasteiger partial charge in [-0.15, -0.1) is 0 Å². The van der Waals surface area contributed by atoms with Crippen molar-refractivity contribution in [1.29, 1.82) is 0 Å². The van der Waals surface area contributed by atoms with Gasteiger partial charge in [0, 0.05) is 0 Å². The number of aryl methyl sites for hydroxylation is 2. The van der Waals surface area contributed by atoms with E-state index in [1.165, 1.54) is 20.3 Å². The minimum Gasteiger partial charge on any atom is -0.478 e. The number of methoxy groups -OCH3 is 2. The summed E-state index contributed by atoms with van der Waals surface area (Å²) in [7, 11) is 2.68. The maximum Gasteiger partial charge on any atom is 0.337 e. The van der Waals surface area contributed by atoms with Gasteiger partial charge in [-0.2, -0.15) is 0 Å². The van der Waals surface area contributed by atoms with Crippen molar-refractivity contribution in [3.63, 3.8) is 0 Å². The van der Waals surface area contributed by atoms with Crippen molar-refractivity contribution in [2.24, 2.45) is 0 Å². The van der Waals surface area contributed by atoms with Crippen LogP contribution in [-0.4, -0.2) is 48.3 Å². The Labute approximate surface area is 206 Å². The Hall–Kier alpha value is -4.72. The molecule has 0 saturated carbocycles. The highest BCUT2D eigenvalue weighted by atomic mass is 16.5. The zero-order valence-corrected chi connectivity index (χ0v) is 20.1. The zero-order valence-electron chi connectivity index (χ0n) is 20.1. The maximum absolute atomic E-state index is 11.4. The lowest BCUT2D eigenvalue weighted by Crippen LogP contribution is -2.04. The number of carbonyl (C=O) groups is 4. The van der Waals surface area contributed by atoms with E-state index in [1.54, 1.807) is 68.4 Å². The summed E-state index contributed by atoms with van der Waals surface area (Å²) < 4.78 is 9.30. The molecule has 0 fully saturated rings. The number of carboxylic acid groups (broad SMARTS) is 2. The molecule has 0 amide bonds. The first-order valence-corrected chi connectivity index (χ1v) is 10.8. The van der Waals surface area contributed by atoms with Gasteiger partial charge in [0.1, 0.15) is 0 Å². The fourth-order valence-corrected chi connectivity index (χ4v) is 3.96. The normalized spacial score (nSPS) is 10.3. The minimum absolute atomic E-state index is 0.198. The van der Waals surface area contributed by atoms with Crippen LogP contribution in [-0.2, 0) is 9.47 Å². The smallest absolute Gasteiger partial charge is 0.337 e. The van der Waals surface area contributed by atoms with Crippen LogP contribution in [0.1, 0.15) is 52.6 Å². The molecule has 0 heterocycles. The van der Waals surface area contributed by atoms with Crippen LogP contribution in [0.25, 0.3) is 21.5 Å². The summed E-state index contributed by atoms with van der Waals surface area (Å²) in [5, 5.41) is 21.3. The molecule has 0 atom stereocenters. The summed E-state index contributed by atoms with van der Waals surface area (Å²) in [6, 6.07) is 16.7. The number of carbonyl (C=O) groups excluding carboxylic acids is 2. The molecular weight excluding hydrogens is 464 g/mol. The number of fused-ring (bicyclic) bond motifs is 2. The van der Waals surface area contributed by atoms with Gasteiger partial charge in [-0.3, -0.25) is 0 Å². The van der Waals surface area contributed by atoms with E-state index >= 15 is 0 Å². The number of hydrogen-bond acceptors (Lipinski definition) is 6. The highest BCUT2D eigenvalue weighted by molar-refractivity contribution is 6.02. The second-order valence-corrected chi connectivity index (χ2v) is 8.00. The van der Waals surface area contributed by atoms with Gasteiger partial charge >= 0.3 is 23.9 Å². The molecule has 4 rings (SSSR count). The number of rotatable bonds is 4. The number of carboxylic acids is 2. The third-order valence-corrected chi connectivity index (χ3v) is 5.74. The first-order chi connectivity index (χ1) is 17.1. The quantitative estimate of drug-likeness (QED) is 0.372. The third kappa shape index (κ3) is 5.33. The molecule has 0 unspecified atom stereocenters. The molecule has 0 aliphatic rings. The van der Waals surface area contributed by atoms with Crippen molar-refractivity contribution < 1.29 is 38.9 Å². The lowest BCUT2D eigenvalue weighted by atomic mass is 9.94. The molecule has 0 spiro atoms. The second-order valence-electron chi connectivity index (χ2n) is 8.00. The Morgan fingerprint density at radius 2 is 1.08 bits per heavy atom. The van der Waals surface area contributed by atoms with E-state index in [-0.39, 0.29) is 23.1 Å². The van der Waals surface area contributed by atoms with Crippen molar-refractivity contribution >= 4 is 45.4 Å². The predicted octanol–water partition coefficient (Wildman–Crippen LogP) is 5.27. The Kier molecular flexibility index (Phi) is 7.69. The van der Waals surface area contributed by atoms with E-state index < -0.39 is 11.9 Å². The molecule has 0 aliphatic carbocycles. The van der Waals surface area contributed by atoms with Gasteiger partial charge in [0.15, 0.2) is 0 Å². The average molecular weight is 488 g/mol. The highest BCUT2D eigenvalue weighted by Gasteiger charge is 2.15. The topological polar surface area (TPSA) is 127 Å². The predicted molar refractivity (Wildman–Crippen MR) is 134 cm³/mol. The molecule has 0 aromatic heterocycles. The summed E-state index contributed by atoms with van der Waals surface area (Å²) in [5.74, 6) is -2.72. The second kappa shape index (κ2) is 10.7. The molecule has 2 N–H and O–H groups in total. The van der Waals surface area contributed by atoms with Crippen molar-refractivity contribution in [3.05, 3.63) is 94.0 Å². The molecule has 0 radical (unpaired) electrons. The Morgan fingerprint density at radius 1 is 0.611 bits per heavy atom. The highest BCUT2D eigenvalue weighted by Crippen LogP contribution is 2.26. The van der Waals surface area contributed by atoms with Crippen molar-refractivity contribution in [1.82, 2.24) is 0 Å². The lowest BCUT2D eigenvalue weighted by Gasteiger charge is -2.10. The number of ether oxygens (including phenoxy) is 2. The first-order valence-electron chi connectivity index (χ1n) is 10.8. The zero-order chi connectivity index (χ0) is 26.6. The van der Waals surface area contributed by atoms with Gasteiger partial charge in [0.2, 0.25) is 0 Å². The number of benzene rings is 4. The molecule has 0 saturated heterocycles. The molecule has 0 aliphatic heterocycles. The molecule has 36 heavy (non-hydrogen) atoms. The Bertz CT molecular complexity index is 1460. The van der Waals surface area contributed by atoms with Crippen molar-refractivity contribution in [2.75, 3.05) is 14.2 Å². The minimum atomic E-state index is -0.991. The first kappa shape index (κ1) is 25.9. The summed E-state index contributed by atoms with van der Waals surface area (Å²) in [6.07, 6.45) is 0. The van der Waals surface area contributed by atoms with Crippen molar-refractivity contribution in [2.45, 2.75) is 13.8 Å². The van der Waals surface area contributed by atoms with Crippen LogP contribution in [0.4, 0.5) is 0 Å². The number of esters is 2. The Balaban J connectivity index is 0.000000201. The van der Waals surface area contributed by atoms with Crippen LogP contribution in [0.15, 0.2) is 60.7 Å². The fourth-order valence-electron chi connectivity index (χ4n) is 3.96. The molecule has 184 valence electrons. The van der Waals surface area contributed by atoms with Gasteiger partial charge in [0.25, 0.3) is 0 Å². The van der Waals surface area contributed by atoms with E-state index in [1.807, 2.05) is 0 Å². The van der Waals surface area contributed by atoms with Crippen LogP contribution in [0, 0.1) is 13.8 Å². The largest absolute Gasteiger partial charge is 0.478 e. The van der Waals surface area contributed by atoms with E-state index in [4.69, 9.17) is 10.2 Å². The van der Waals surface area contributed by atoms with Gasteiger partial charge in [-0.25, -0.2) is 19.2 Å². The van der Waals surface area contributed by atoms with Crippen LogP contribution in [0.2, 0.25) is 0 Å². The van der Waals surface area contributed by atoms with E-state index in [0.717, 1.165) is 21.5 Å². The van der Waals surface area contributed by atoms with Crippen molar-refractivity contribution in [3.8, 4) is 0 Å². The maximum atomic E-state index is 11.4. The number of aromatic carboxylic acids is 2. The average Bonchev–Trinajstić information content (AvgIpc) is 2.86. The molecule has 8 nitrogen and oxygen atoms in total. The van der Waals surface area contributed by atoms with Gasteiger partial charge < -0.3 is 19.7 Å². The standard InChI is InChI=1S/2C14H12O4/c1-17-13(15)11-5-3-10-8-12(14(16)18-2)6-4-9(10)7-11;1-7-5-10-6-9(13(15)16)3-4-11(10)8(2)12(7)14(17)18/h3-8H,1-2H3;3-6H,1-2H3,(H,15,16)(H,17,18). The molecule has 0 bridgehead atoms. The van der Waals surface area contributed by atoms with E-state index in [2.05, 4.69) is 9.47 Å². The fraction of sp³-hybridized carbons (Fsp3) is 0.143. The van der Waals surface area contributed by atoms with Crippen LogP contribution >= 0.6 is 0 Å². The molecule has 4 aromatic carbocycles. The Morgan fingerprint density at radius 3 is 1.53 bits per heavy atom.